The van der Waals surface area contributed by atoms with Crippen molar-refractivity contribution in [3.05, 3.63) is 48.3 Å². The molecule has 4 nitrogen and oxygen atoms in total. The van der Waals surface area contributed by atoms with Gasteiger partial charge in [-0.05, 0) is 31.2 Å². The molecule has 0 saturated heterocycles. The van der Waals surface area contributed by atoms with Crippen molar-refractivity contribution >= 4 is 0 Å². The van der Waals surface area contributed by atoms with E-state index < -0.39 is 0 Å². The van der Waals surface area contributed by atoms with E-state index >= 15 is 0 Å². The summed E-state index contributed by atoms with van der Waals surface area (Å²) in [5.74, 6) is 0.900. The van der Waals surface area contributed by atoms with Crippen LogP contribution in [0.5, 0.6) is 5.75 Å². The molecule has 2 aromatic rings. The van der Waals surface area contributed by atoms with Crippen LogP contribution in [0.1, 0.15) is 32.0 Å². The Morgan fingerprint density at radius 1 is 1.20 bits per heavy atom. The SMILES string of the molecule is CCCn1nccc1C(COc1ccccc1)NCC. The molecule has 0 fully saturated rings. The molecule has 1 heterocycles. The Morgan fingerprint density at radius 3 is 2.70 bits per heavy atom. The normalized spacial score (nSPS) is 12.3. The smallest absolute Gasteiger partial charge is 0.119 e. The summed E-state index contributed by atoms with van der Waals surface area (Å²) in [4.78, 5) is 0. The minimum absolute atomic E-state index is 0.161. The quantitative estimate of drug-likeness (QED) is 0.803. The molecule has 1 N–H and O–H groups in total. The number of ether oxygens (including phenoxy) is 1. The number of benzene rings is 1. The van der Waals surface area contributed by atoms with E-state index in [1.165, 1.54) is 5.69 Å². The fraction of sp³-hybridized carbons (Fsp3) is 0.438. The monoisotopic (exact) mass is 273 g/mol. The number of para-hydroxylation sites is 1. The lowest BCUT2D eigenvalue weighted by Crippen LogP contribution is -2.29. The van der Waals surface area contributed by atoms with Crippen molar-refractivity contribution in [1.29, 1.82) is 0 Å². The van der Waals surface area contributed by atoms with E-state index in [0.717, 1.165) is 25.3 Å². The van der Waals surface area contributed by atoms with Crippen molar-refractivity contribution in [1.82, 2.24) is 15.1 Å². The third kappa shape index (κ3) is 3.84. The summed E-state index contributed by atoms with van der Waals surface area (Å²) in [5.41, 5.74) is 1.18. The van der Waals surface area contributed by atoms with Gasteiger partial charge in [-0.3, -0.25) is 4.68 Å². The van der Waals surface area contributed by atoms with Gasteiger partial charge >= 0.3 is 0 Å². The molecule has 0 aliphatic heterocycles. The Labute approximate surface area is 120 Å². The van der Waals surface area contributed by atoms with Crippen LogP contribution in [0.25, 0.3) is 0 Å². The number of rotatable bonds is 8. The summed E-state index contributed by atoms with van der Waals surface area (Å²) >= 11 is 0. The van der Waals surface area contributed by atoms with Crippen molar-refractivity contribution in [2.45, 2.75) is 32.9 Å². The van der Waals surface area contributed by atoms with E-state index in [9.17, 15) is 0 Å². The second-order valence-electron chi connectivity index (χ2n) is 4.71. The van der Waals surface area contributed by atoms with Gasteiger partial charge in [0.05, 0.1) is 11.7 Å². The molecule has 20 heavy (non-hydrogen) atoms. The average molecular weight is 273 g/mol. The first kappa shape index (κ1) is 14.6. The summed E-state index contributed by atoms with van der Waals surface area (Å²) in [6.07, 6.45) is 2.94. The Bertz CT molecular complexity index is 495. The van der Waals surface area contributed by atoms with E-state index in [-0.39, 0.29) is 6.04 Å². The van der Waals surface area contributed by atoms with Gasteiger partial charge in [-0.1, -0.05) is 32.0 Å². The molecular formula is C16H23N3O. The van der Waals surface area contributed by atoms with Gasteiger partial charge in [0.2, 0.25) is 0 Å². The lowest BCUT2D eigenvalue weighted by molar-refractivity contribution is 0.260. The van der Waals surface area contributed by atoms with Crippen LogP contribution in [0, 0.1) is 0 Å². The van der Waals surface area contributed by atoms with E-state index in [4.69, 9.17) is 4.74 Å². The molecule has 0 bridgehead atoms. The molecular weight excluding hydrogens is 250 g/mol. The van der Waals surface area contributed by atoms with Crippen molar-refractivity contribution < 1.29 is 4.74 Å². The molecule has 2 rings (SSSR count). The molecule has 0 aliphatic rings. The predicted octanol–water partition coefficient (Wildman–Crippen LogP) is 3.02. The van der Waals surface area contributed by atoms with Gasteiger partial charge in [0.15, 0.2) is 0 Å². The summed E-state index contributed by atoms with van der Waals surface area (Å²) in [6, 6.07) is 12.1. The van der Waals surface area contributed by atoms with E-state index in [1.54, 1.807) is 0 Å². The maximum atomic E-state index is 5.87. The predicted molar refractivity (Wildman–Crippen MR) is 80.9 cm³/mol. The van der Waals surface area contributed by atoms with E-state index in [2.05, 4.69) is 35.0 Å². The van der Waals surface area contributed by atoms with E-state index in [1.807, 2.05) is 36.5 Å². The van der Waals surface area contributed by atoms with Gasteiger partial charge in [0.1, 0.15) is 12.4 Å². The van der Waals surface area contributed by atoms with Crippen LogP contribution in [-0.2, 0) is 6.54 Å². The van der Waals surface area contributed by atoms with Crippen LogP contribution in [0.4, 0.5) is 0 Å². The molecule has 1 unspecified atom stereocenters. The Kier molecular flexibility index (Phi) is 5.62. The van der Waals surface area contributed by atoms with Crippen molar-refractivity contribution in [3.8, 4) is 5.75 Å². The first-order chi connectivity index (χ1) is 9.85. The molecule has 108 valence electrons. The molecule has 0 aliphatic carbocycles. The maximum absolute atomic E-state index is 5.87. The number of hydrogen-bond acceptors (Lipinski definition) is 3. The second kappa shape index (κ2) is 7.70. The van der Waals surface area contributed by atoms with E-state index in [0.29, 0.717) is 6.61 Å². The van der Waals surface area contributed by atoms with Crippen LogP contribution >= 0.6 is 0 Å². The zero-order valence-corrected chi connectivity index (χ0v) is 12.2. The standard InChI is InChI=1S/C16H23N3O/c1-3-12-19-16(10-11-18-19)15(17-4-2)13-20-14-8-6-5-7-9-14/h5-11,15,17H,3-4,12-13H2,1-2H3. The molecule has 0 spiro atoms. The lowest BCUT2D eigenvalue weighted by atomic mass is 10.2. The van der Waals surface area contributed by atoms with Crippen LogP contribution in [0.2, 0.25) is 0 Å². The zero-order chi connectivity index (χ0) is 14.2. The molecule has 1 aromatic carbocycles. The second-order valence-corrected chi connectivity index (χ2v) is 4.71. The summed E-state index contributed by atoms with van der Waals surface area (Å²) in [7, 11) is 0. The number of hydrogen-bond donors (Lipinski definition) is 1. The Morgan fingerprint density at radius 2 is 2.00 bits per heavy atom. The topological polar surface area (TPSA) is 39.1 Å². The first-order valence-electron chi connectivity index (χ1n) is 7.28. The minimum Gasteiger partial charge on any atom is -0.492 e. The third-order valence-corrected chi connectivity index (χ3v) is 3.15. The summed E-state index contributed by atoms with van der Waals surface area (Å²) < 4.78 is 7.93. The number of aromatic nitrogens is 2. The Balaban J connectivity index is 2.04. The lowest BCUT2D eigenvalue weighted by Gasteiger charge is -2.20. The van der Waals surface area contributed by atoms with Gasteiger partial charge in [-0.15, -0.1) is 0 Å². The van der Waals surface area contributed by atoms with Crippen molar-refractivity contribution in [2.75, 3.05) is 13.2 Å². The highest BCUT2D eigenvalue weighted by molar-refractivity contribution is 5.21. The number of likely N-dealkylation sites (N-methyl/N-ethyl adjacent to an activating group) is 1. The maximum Gasteiger partial charge on any atom is 0.119 e. The van der Waals surface area contributed by atoms with Gasteiger partial charge in [0.25, 0.3) is 0 Å². The number of nitrogens with zero attached hydrogens (tertiary/aromatic N) is 2. The molecule has 0 radical (unpaired) electrons. The van der Waals surface area contributed by atoms with Crippen LogP contribution in [-0.4, -0.2) is 22.9 Å². The highest BCUT2D eigenvalue weighted by atomic mass is 16.5. The van der Waals surface area contributed by atoms with Gasteiger partial charge in [0, 0.05) is 12.7 Å². The van der Waals surface area contributed by atoms with Crippen LogP contribution in [0.15, 0.2) is 42.6 Å². The number of aryl methyl sites for hydroxylation is 1. The molecule has 0 amide bonds. The molecule has 1 atom stereocenters. The molecule has 4 heteroatoms. The summed E-state index contributed by atoms with van der Waals surface area (Å²) in [5, 5.41) is 7.85. The largest absolute Gasteiger partial charge is 0.492 e. The fourth-order valence-corrected chi connectivity index (χ4v) is 2.23. The van der Waals surface area contributed by atoms with Crippen LogP contribution in [0.3, 0.4) is 0 Å². The van der Waals surface area contributed by atoms with Gasteiger partial charge in [-0.2, -0.15) is 5.10 Å². The zero-order valence-electron chi connectivity index (χ0n) is 12.2. The highest BCUT2D eigenvalue weighted by Crippen LogP contribution is 2.16. The minimum atomic E-state index is 0.161. The number of nitrogens with one attached hydrogen (secondary N) is 1. The summed E-state index contributed by atoms with van der Waals surface area (Å²) in [6.45, 7) is 6.72. The van der Waals surface area contributed by atoms with Crippen LogP contribution < -0.4 is 10.1 Å². The Hall–Kier alpha value is -1.81. The molecule has 0 saturated carbocycles. The first-order valence-corrected chi connectivity index (χ1v) is 7.28. The fourth-order valence-electron chi connectivity index (χ4n) is 2.23. The van der Waals surface area contributed by atoms with Gasteiger partial charge < -0.3 is 10.1 Å². The van der Waals surface area contributed by atoms with Crippen molar-refractivity contribution in [2.24, 2.45) is 0 Å². The van der Waals surface area contributed by atoms with Crippen molar-refractivity contribution in [3.63, 3.8) is 0 Å². The van der Waals surface area contributed by atoms with Gasteiger partial charge in [-0.25, -0.2) is 0 Å². The highest BCUT2D eigenvalue weighted by Gasteiger charge is 2.15. The third-order valence-electron chi connectivity index (χ3n) is 3.15. The molecule has 1 aromatic heterocycles. The average Bonchev–Trinajstić information content (AvgIpc) is 2.93.